The largest absolute Gasteiger partial charge is 1.00 e. The number of phosphoric acid groups is 1. The van der Waals surface area contributed by atoms with Gasteiger partial charge >= 0.3 is 59.1 Å². The van der Waals surface area contributed by atoms with Crippen molar-refractivity contribution >= 4 is 19.7 Å². The Balaban J connectivity index is -0.0000000286. The van der Waals surface area contributed by atoms with Crippen molar-refractivity contribution in [2.75, 3.05) is 0 Å². The fourth-order valence-electron chi connectivity index (χ4n) is 0. The van der Waals surface area contributed by atoms with Crippen LogP contribution in [0.5, 0.6) is 0 Å². The van der Waals surface area contributed by atoms with Crippen LogP contribution in [0.1, 0.15) is 0 Å². The molecule has 0 atom stereocenters. The third kappa shape index (κ3) is 130. The number of hydrogen-bond acceptors (Lipinski definition) is 3. The minimum absolute atomic E-state index is 0. The Morgan fingerprint density at radius 3 is 1.22 bits per heavy atom. The van der Waals surface area contributed by atoms with Gasteiger partial charge in [-0.1, -0.05) is 0 Å². The number of rotatable bonds is 0. The molecule has 0 aliphatic heterocycles. The van der Waals surface area contributed by atoms with Gasteiger partial charge in [0, 0.05) is 0 Å². The molecular formula is H2ClNa2O5P. The molecule has 0 aromatic carbocycles. The smallest absolute Gasteiger partial charge is 0.769 e. The van der Waals surface area contributed by atoms with E-state index in [9.17, 15) is 0 Å². The van der Waals surface area contributed by atoms with E-state index in [2.05, 4.69) is 11.9 Å². The van der Waals surface area contributed by atoms with Crippen molar-refractivity contribution in [1.29, 1.82) is 0 Å². The molecule has 0 saturated carbocycles. The van der Waals surface area contributed by atoms with Gasteiger partial charge in [0.15, 0.2) is 0 Å². The van der Waals surface area contributed by atoms with Gasteiger partial charge in [-0.05, 0) is 0 Å². The van der Waals surface area contributed by atoms with Crippen molar-refractivity contribution in [3.05, 3.63) is 0 Å². The van der Waals surface area contributed by atoms with E-state index >= 15 is 0 Å². The van der Waals surface area contributed by atoms with E-state index in [-0.39, 0.29) is 59.1 Å². The van der Waals surface area contributed by atoms with Gasteiger partial charge in [0.05, 0.1) is 0 Å². The van der Waals surface area contributed by atoms with E-state index in [1.54, 1.807) is 0 Å². The minimum atomic E-state index is -4.89. The Kier molecular flexibility index (Phi) is 32.5. The second-order valence-electron chi connectivity index (χ2n) is 0.491. The third-order valence-corrected chi connectivity index (χ3v) is 0. The van der Waals surface area contributed by atoms with Crippen LogP contribution in [0.3, 0.4) is 0 Å². The van der Waals surface area contributed by atoms with E-state index in [0.717, 1.165) is 0 Å². The van der Waals surface area contributed by atoms with Gasteiger partial charge in [0.2, 0.25) is 0 Å². The molecule has 0 radical (unpaired) electrons. The Bertz CT molecular complexity index is 61.1. The van der Waals surface area contributed by atoms with Gasteiger partial charge in [0.1, 0.15) is 0 Å². The molecule has 46 valence electrons. The average Bonchev–Trinajstić information content (AvgIpc) is 1.36. The molecule has 9 heteroatoms. The summed E-state index contributed by atoms with van der Waals surface area (Å²) < 4.78 is 16.5. The van der Waals surface area contributed by atoms with Crippen LogP contribution in [0.4, 0.5) is 0 Å². The molecule has 0 aromatic heterocycles. The van der Waals surface area contributed by atoms with Crippen molar-refractivity contribution in [3.8, 4) is 0 Å². The molecule has 9 heavy (non-hydrogen) atoms. The first-order valence-corrected chi connectivity index (χ1v) is 2.76. The molecule has 0 saturated heterocycles. The van der Waals surface area contributed by atoms with Crippen molar-refractivity contribution in [3.63, 3.8) is 0 Å². The van der Waals surface area contributed by atoms with Gasteiger partial charge in [-0.2, -0.15) is 0 Å². The standard InChI is InChI=1S/ClO.2Na.H3O4P/c1-2;;;1-5(2,3)4/h;;;(H3,1,2,3,4)/q-1;2*+1;/p-1. The normalized spacial score (nSPS) is 7.22. The van der Waals surface area contributed by atoms with Crippen LogP contribution in [0, 0.1) is 0 Å². The molecule has 0 aliphatic carbocycles. The summed E-state index contributed by atoms with van der Waals surface area (Å²) in [5.41, 5.74) is 0. The topological polar surface area (TPSA) is 104 Å². The molecule has 0 unspecified atom stereocenters. The Labute approximate surface area is 101 Å². The SMILES string of the molecule is O=P([O-])(O)O.[Na+].[Na+].[O-]Cl. The summed E-state index contributed by atoms with van der Waals surface area (Å²) in [6.07, 6.45) is 0. The predicted molar refractivity (Wildman–Crippen MR) is 17.9 cm³/mol. The maximum absolute atomic E-state index is 8.77. The van der Waals surface area contributed by atoms with Crippen LogP contribution < -0.4 is 68.7 Å². The molecule has 0 bridgehead atoms. The second-order valence-corrected chi connectivity index (χ2v) is 1.47. The van der Waals surface area contributed by atoms with E-state index in [1.165, 1.54) is 0 Å². The van der Waals surface area contributed by atoms with E-state index < -0.39 is 7.82 Å². The zero-order valence-corrected chi connectivity index (χ0v) is 10.6. The maximum atomic E-state index is 8.77. The van der Waals surface area contributed by atoms with Gasteiger partial charge in [-0.3, -0.25) is 4.57 Å². The molecule has 0 rings (SSSR count). The van der Waals surface area contributed by atoms with Crippen LogP contribution in [-0.4, -0.2) is 9.79 Å². The van der Waals surface area contributed by atoms with E-state index in [0.29, 0.717) is 0 Å². The van der Waals surface area contributed by atoms with Crippen LogP contribution >= 0.6 is 19.7 Å². The van der Waals surface area contributed by atoms with Crippen LogP contribution in [0.25, 0.3) is 0 Å². The molecule has 0 fully saturated rings. The Hall–Kier alpha value is 2.36. The molecule has 0 aliphatic rings. The summed E-state index contributed by atoms with van der Waals surface area (Å²) in [6.45, 7) is 0. The fraction of sp³-hybridized carbons (Fsp3) is 0. The van der Waals surface area contributed by atoms with Gasteiger partial charge in [0.25, 0.3) is 7.82 Å². The molecule has 0 aromatic rings. The Morgan fingerprint density at radius 1 is 1.22 bits per heavy atom. The molecule has 0 amide bonds. The third-order valence-electron chi connectivity index (χ3n) is 0. The van der Waals surface area contributed by atoms with E-state index in [4.69, 9.17) is 23.9 Å². The van der Waals surface area contributed by atoms with Gasteiger partial charge in [-0.15, -0.1) is 0 Å². The fourth-order valence-corrected chi connectivity index (χ4v) is 0. The van der Waals surface area contributed by atoms with Crippen molar-refractivity contribution in [2.24, 2.45) is 0 Å². The van der Waals surface area contributed by atoms with Crippen molar-refractivity contribution in [2.45, 2.75) is 0 Å². The molecular weight excluding hydrogens is 192 g/mol. The summed E-state index contributed by atoms with van der Waals surface area (Å²) in [7, 11) is -4.89. The molecule has 0 heterocycles. The van der Waals surface area contributed by atoms with E-state index in [1.807, 2.05) is 0 Å². The number of halogens is 1. The summed E-state index contributed by atoms with van der Waals surface area (Å²) in [6, 6.07) is 0. The Morgan fingerprint density at radius 2 is 1.22 bits per heavy atom. The molecule has 5 nitrogen and oxygen atoms in total. The summed E-state index contributed by atoms with van der Waals surface area (Å²) >= 11 is 3.39. The summed E-state index contributed by atoms with van der Waals surface area (Å²) in [5.74, 6) is 0. The molecule has 2 N–H and O–H groups in total. The molecule has 0 spiro atoms. The summed E-state index contributed by atoms with van der Waals surface area (Å²) in [4.78, 5) is 22.9. The first-order valence-electron chi connectivity index (χ1n) is 0.919. The minimum Gasteiger partial charge on any atom is -0.769 e. The second kappa shape index (κ2) is 13.0. The quantitative estimate of drug-likeness (QED) is 0.294. The van der Waals surface area contributed by atoms with Crippen LogP contribution in [0.2, 0.25) is 0 Å². The maximum Gasteiger partial charge on any atom is 1.00 e. The zero-order chi connectivity index (χ0) is 6.50. The van der Waals surface area contributed by atoms with Gasteiger partial charge in [-0.25, -0.2) is 11.9 Å². The summed E-state index contributed by atoms with van der Waals surface area (Å²) in [5, 5.41) is 0. The van der Waals surface area contributed by atoms with Crippen LogP contribution in [-0.2, 0) is 4.57 Å². The first-order chi connectivity index (χ1) is 3.00. The first kappa shape index (κ1) is 22.5. The van der Waals surface area contributed by atoms with Crippen LogP contribution in [0.15, 0.2) is 0 Å². The van der Waals surface area contributed by atoms with Gasteiger partial charge < -0.3 is 19.3 Å². The average molecular weight is 194 g/mol. The predicted octanol–water partition coefficient (Wildman–Crippen LogP) is -8.05. The van der Waals surface area contributed by atoms with Crippen molar-refractivity contribution in [1.82, 2.24) is 0 Å². The zero-order valence-electron chi connectivity index (χ0n) is 4.94. The van der Waals surface area contributed by atoms with Crippen molar-refractivity contribution < 1.29 is 83.0 Å². The monoisotopic (exact) mass is 194 g/mol. The number of hydrogen-bond donors (Lipinski definition) is 2.